The topological polar surface area (TPSA) is 205 Å². The van der Waals surface area contributed by atoms with Crippen LogP contribution in [0.3, 0.4) is 0 Å². The van der Waals surface area contributed by atoms with Crippen LogP contribution in [-0.4, -0.2) is 78.6 Å². The molecule has 1 saturated heterocycles. The fourth-order valence-corrected chi connectivity index (χ4v) is 7.11. The van der Waals surface area contributed by atoms with Gasteiger partial charge in [-0.05, 0) is 97.5 Å². The molecule has 1 unspecified atom stereocenters. The Kier molecular flexibility index (Phi) is 10.7. The van der Waals surface area contributed by atoms with Crippen LogP contribution in [-0.2, 0) is 14.8 Å². The summed E-state index contributed by atoms with van der Waals surface area (Å²) < 4.78 is 28.9. The van der Waals surface area contributed by atoms with Crippen molar-refractivity contribution in [1.82, 2.24) is 40.0 Å². The van der Waals surface area contributed by atoms with Crippen LogP contribution < -0.4 is 16.2 Å². The minimum absolute atomic E-state index is 0.112. The van der Waals surface area contributed by atoms with Gasteiger partial charge in [0.15, 0.2) is 0 Å². The number of sulfonamides is 1. The summed E-state index contributed by atoms with van der Waals surface area (Å²) in [7, 11) is -3.48. The van der Waals surface area contributed by atoms with Gasteiger partial charge in [-0.3, -0.25) is 14.9 Å². The molecule has 48 heavy (non-hydrogen) atoms. The molecular weight excluding hydrogens is 662 g/mol. The molecule has 4 N–H and O–H groups in total. The number of carboxylic acid groups (broad SMARTS) is 1. The molecule has 2 atom stereocenters. The van der Waals surface area contributed by atoms with E-state index >= 15 is 0 Å². The zero-order valence-corrected chi connectivity index (χ0v) is 27.6. The number of aromatic amines is 1. The van der Waals surface area contributed by atoms with Gasteiger partial charge in [0, 0.05) is 35.4 Å². The molecule has 1 fully saturated rings. The van der Waals surface area contributed by atoms with E-state index in [1.807, 2.05) is 0 Å². The number of halogens is 1. The lowest BCUT2D eigenvalue weighted by atomic mass is 9.90. The van der Waals surface area contributed by atoms with Crippen molar-refractivity contribution >= 4 is 45.4 Å². The second-order valence-corrected chi connectivity index (χ2v) is 14.5. The summed E-state index contributed by atoms with van der Waals surface area (Å²) in [4.78, 5) is 37.3. The Morgan fingerprint density at radius 1 is 1.17 bits per heavy atom. The highest BCUT2D eigenvalue weighted by Gasteiger charge is 2.33. The van der Waals surface area contributed by atoms with Crippen LogP contribution in [0.2, 0.25) is 5.02 Å². The molecule has 1 aliphatic rings. The number of nitrogens with zero attached hydrogens (tertiary/aromatic N) is 6. The molecule has 0 saturated carbocycles. The van der Waals surface area contributed by atoms with E-state index in [0.29, 0.717) is 52.6 Å². The van der Waals surface area contributed by atoms with Crippen molar-refractivity contribution in [2.45, 2.75) is 44.4 Å². The number of carbonyl (C=O) groups is 2. The van der Waals surface area contributed by atoms with Gasteiger partial charge in [0.2, 0.25) is 15.9 Å². The molecule has 0 aliphatic carbocycles. The molecular formula is C31H34ClN9O6S. The first-order valence-electron chi connectivity index (χ1n) is 15.1. The monoisotopic (exact) mass is 695 g/mol. The number of nitrogens with one attached hydrogen (secondary N) is 3. The van der Waals surface area contributed by atoms with Crippen molar-refractivity contribution in [3.63, 3.8) is 0 Å². The van der Waals surface area contributed by atoms with Gasteiger partial charge in [-0.2, -0.15) is 9.78 Å². The van der Waals surface area contributed by atoms with Crippen LogP contribution in [0.4, 0.5) is 10.5 Å². The maximum atomic E-state index is 13.4. The van der Waals surface area contributed by atoms with Crippen molar-refractivity contribution in [2.24, 2.45) is 5.92 Å². The number of H-pyrrole nitrogens is 1. The van der Waals surface area contributed by atoms with Crippen LogP contribution in [0.1, 0.15) is 50.4 Å². The van der Waals surface area contributed by atoms with Crippen LogP contribution >= 0.6 is 11.6 Å². The van der Waals surface area contributed by atoms with E-state index in [1.165, 1.54) is 33.5 Å². The summed E-state index contributed by atoms with van der Waals surface area (Å²) in [6.45, 7) is 4.01. The zero-order chi connectivity index (χ0) is 34.4. The standard InChI is InChI=1S/C31H34ClN9O6S/c1-19(2)48(46,47)40-13-3-4-20(17-40)14-26(27-16-25(30(43)37-36-27)21-5-9-24(10-6-21)34-31(44)45)35-29(42)12-7-22-15-23(32)8-11-28(22)41-18-33-38-39-41/h5-12,15-16,18-20,26,34H,3-4,13-14,17H2,1-2H3,(H,35,42)(H,37,43)(H,44,45)/t20-,26?/m0/s1. The third-order valence-corrected chi connectivity index (χ3v) is 10.4. The average Bonchev–Trinajstić information content (AvgIpc) is 3.59. The first-order valence-corrected chi connectivity index (χ1v) is 17.0. The molecule has 2 aromatic carbocycles. The maximum absolute atomic E-state index is 13.4. The summed E-state index contributed by atoms with van der Waals surface area (Å²) in [5.74, 6) is -0.580. The lowest BCUT2D eigenvalue weighted by molar-refractivity contribution is -0.117. The number of piperidine rings is 1. The molecule has 3 heterocycles. The van der Waals surface area contributed by atoms with E-state index in [0.717, 1.165) is 6.42 Å². The zero-order valence-electron chi connectivity index (χ0n) is 26.1. The third kappa shape index (κ3) is 8.31. The minimum Gasteiger partial charge on any atom is -0.465 e. The quantitative estimate of drug-likeness (QED) is 0.167. The molecule has 0 radical (unpaired) electrons. The number of hydrogen-bond donors (Lipinski definition) is 4. The summed E-state index contributed by atoms with van der Waals surface area (Å²) in [5.41, 5.74) is 2.14. The molecule has 4 aromatic rings. The molecule has 5 rings (SSSR count). The highest BCUT2D eigenvalue weighted by atomic mass is 35.5. The second kappa shape index (κ2) is 14.9. The molecule has 2 amide bonds. The Morgan fingerprint density at radius 2 is 1.94 bits per heavy atom. The van der Waals surface area contributed by atoms with Gasteiger partial charge in [0.25, 0.3) is 5.56 Å². The van der Waals surface area contributed by atoms with E-state index < -0.39 is 38.9 Å². The Morgan fingerprint density at radius 3 is 2.62 bits per heavy atom. The van der Waals surface area contributed by atoms with E-state index in [1.54, 1.807) is 56.3 Å². The van der Waals surface area contributed by atoms with Gasteiger partial charge in [-0.15, -0.1) is 5.10 Å². The third-order valence-electron chi connectivity index (χ3n) is 7.95. The summed E-state index contributed by atoms with van der Waals surface area (Å²) >= 11 is 6.23. The smallest absolute Gasteiger partial charge is 0.409 e. The summed E-state index contributed by atoms with van der Waals surface area (Å²) in [5, 5.41) is 32.1. The fraction of sp³-hybridized carbons (Fsp3) is 0.323. The van der Waals surface area contributed by atoms with E-state index in [-0.39, 0.29) is 18.0 Å². The molecule has 0 spiro atoms. The Bertz CT molecular complexity index is 1960. The second-order valence-electron chi connectivity index (χ2n) is 11.6. The molecule has 252 valence electrons. The number of hydrogen-bond acceptors (Lipinski definition) is 9. The average molecular weight is 696 g/mol. The van der Waals surface area contributed by atoms with Gasteiger partial charge < -0.3 is 10.4 Å². The number of carbonyl (C=O) groups excluding carboxylic acids is 1. The van der Waals surface area contributed by atoms with Gasteiger partial charge in [-0.1, -0.05) is 23.7 Å². The summed E-state index contributed by atoms with van der Waals surface area (Å²) in [6, 6.07) is 12.2. The molecule has 2 aromatic heterocycles. The normalized spacial score (nSPS) is 16.2. The number of aromatic nitrogens is 6. The van der Waals surface area contributed by atoms with Crippen LogP contribution in [0.5, 0.6) is 0 Å². The van der Waals surface area contributed by atoms with Crippen molar-refractivity contribution in [2.75, 3.05) is 18.4 Å². The first kappa shape index (κ1) is 34.4. The first-order chi connectivity index (χ1) is 22.9. The van der Waals surface area contributed by atoms with Crippen molar-refractivity contribution in [3.05, 3.63) is 87.6 Å². The van der Waals surface area contributed by atoms with E-state index in [4.69, 9.17) is 16.7 Å². The molecule has 17 heteroatoms. The van der Waals surface area contributed by atoms with Crippen molar-refractivity contribution < 1.29 is 23.1 Å². The number of tetrazole rings is 1. The van der Waals surface area contributed by atoms with Crippen molar-refractivity contribution in [1.29, 1.82) is 0 Å². The maximum Gasteiger partial charge on any atom is 0.409 e. The Balaban J connectivity index is 1.44. The number of benzene rings is 2. The molecule has 15 nitrogen and oxygen atoms in total. The molecule has 1 aliphatic heterocycles. The largest absolute Gasteiger partial charge is 0.465 e. The SMILES string of the molecule is CC(C)S(=O)(=O)N1CCC[C@@H](CC(NC(=O)C=Cc2cc(Cl)ccc2-n2cnnn2)c2cc(-c3ccc(NC(=O)O)cc3)c(=O)[nH]n2)C1. The predicted octanol–water partition coefficient (Wildman–Crippen LogP) is 3.87. The molecule has 0 bridgehead atoms. The van der Waals surface area contributed by atoms with Crippen LogP contribution in [0, 0.1) is 5.92 Å². The van der Waals surface area contributed by atoms with Crippen LogP contribution in [0.25, 0.3) is 22.9 Å². The van der Waals surface area contributed by atoms with E-state index in [2.05, 4.69) is 36.4 Å². The van der Waals surface area contributed by atoms with Crippen LogP contribution in [0.15, 0.2) is 65.7 Å². The predicted molar refractivity (Wildman–Crippen MR) is 179 cm³/mol. The minimum atomic E-state index is -3.48. The Labute approximate surface area is 281 Å². The highest BCUT2D eigenvalue weighted by Crippen LogP contribution is 2.30. The van der Waals surface area contributed by atoms with Gasteiger partial charge in [0.1, 0.15) is 6.33 Å². The number of amides is 2. The fourth-order valence-electron chi connectivity index (χ4n) is 5.53. The Hall–Kier alpha value is -4.93. The lowest BCUT2D eigenvalue weighted by Crippen LogP contribution is -2.44. The van der Waals surface area contributed by atoms with Gasteiger partial charge >= 0.3 is 6.09 Å². The highest BCUT2D eigenvalue weighted by molar-refractivity contribution is 7.89. The van der Waals surface area contributed by atoms with Gasteiger partial charge in [-0.25, -0.2) is 22.6 Å². The van der Waals surface area contributed by atoms with Gasteiger partial charge in [0.05, 0.1) is 28.2 Å². The lowest BCUT2D eigenvalue weighted by Gasteiger charge is -2.34. The summed E-state index contributed by atoms with van der Waals surface area (Å²) in [6.07, 6.45) is 4.85. The van der Waals surface area contributed by atoms with E-state index in [9.17, 15) is 22.8 Å². The number of rotatable bonds is 11. The van der Waals surface area contributed by atoms with Crippen molar-refractivity contribution in [3.8, 4) is 16.8 Å². The number of anilines is 1.